The van der Waals surface area contributed by atoms with Crippen molar-refractivity contribution >= 4 is 42.7 Å². The lowest BCUT2D eigenvalue weighted by atomic mass is 9.93. The fourth-order valence-electron chi connectivity index (χ4n) is 3.22. The Labute approximate surface area is 139 Å². The zero-order chi connectivity index (χ0) is 16.7. The van der Waals surface area contributed by atoms with E-state index < -0.39 is 10.4 Å². The molecule has 0 spiro atoms. The number of rotatable bonds is 3. The Bertz CT molecular complexity index is 1180. The van der Waals surface area contributed by atoms with Crippen LogP contribution in [-0.2, 0) is 21.2 Å². The summed E-state index contributed by atoms with van der Waals surface area (Å²) in [6.45, 7) is -0.277. The van der Waals surface area contributed by atoms with E-state index in [2.05, 4.69) is 4.18 Å². The summed E-state index contributed by atoms with van der Waals surface area (Å²) in [6, 6.07) is 21.7. The van der Waals surface area contributed by atoms with Gasteiger partial charge < -0.3 is 4.55 Å². The molecule has 0 saturated carbocycles. The van der Waals surface area contributed by atoms with E-state index in [-0.39, 0.29) is 6.61 Å². The zero-order valence-electron chi connectivity index (χ0n) is 12.6. The maximum absolute atomic E-state index is 10.9. The Hall–Kier alpha value is -2.47. The molecule has 0 heterocycles. The van der Waals surface area contributed by atoms with Crippen molar-refractivity contribution in [3.05, 3.63) is 72.3 Å². The number of benzene rings is 4. The van der Waals surface area contributed by atoms with Gasteiger partial charge >= 0.3 is 0 Å². The number of fused-ring (bicyclic) bond motifs is 5. The molecule has 0 amide bonds. The molecular weight excluding hydrogens is 324 g/mol. The lowest BCUT2D eigenvalue weighted by Gasteiger charge is -2.14. The zero-order valence-corrected chi connectivity index (χ0v) is 13.4. The van der Waals surface area contributed by atoms with Crippen molar-refractivity contribution in [2.75, 3.05) is 0 Å². The monoisotopic (exact) mass is 337 g/mol. The predicted octanol–water partition coefficient (Wildman–Crippen LogP) is 4.12. The lowest BCUT2D eigenvalue weighted by molar-refractivity contribution is 0.254. The minimum absolute atomic E-state index is 0.277. The highest BCUT2D eigenvalue weighted by Gasteiger charge is 2.11. The largest absolute Gasteiger partial charge is 0.726 e. The van der Waals surface area contributed by atoms with Crippen molar-refractivity contribution in [3.63, 3.8) is 0 Å². The van der Waals surface area contributed by atoms with E-state index in [1.54, 1.807) is 0 Å². The van der Waals surface area contributed by atoms with E-state index >= 15 is 0 Å². The van der Waals surface area contributed by atoms with Gasteiger partial charge in [-0.3, -0.25) is 4.18 Å². The van der Waals surface area contributed by atoms with Gasteiger partial charge in [0.1, 0.15) is 0 Å². The molecule has 0 radical (unpaired) electrons. The molecule has 0 aliphatic heterocycles. The molecule has 0 atom stereocenters. The maximum Gasteiger partial charge on any atom is 0.217 e. The van der Waals surface area contributed by atoms with Crippen LogP contribution in [-0.4, -0.2) is 13.0 Å². The second kappa shape index (κ2) is 5.56. The van der Waals surface area contributed by atoms with Gasteiger partial charge in [-0.25, -0.2) is 8.42 Å². The molecule has 4 nitrogen and oxygen atoms in total. The van der Waals surface area contributed by atoms with Crippen molar-refractivity contribution in [2.24, 2.45) is 0 Å². The molecule has 24 heavy (non-hydrogen) atoms. The van der Waals surface area contributed by atoms with Gasteiger partial charge in [-0.15, -0.1) is 0 Å². The summed E-state index contributed by atoms with van der Waals surface area (Å²) in [5.74, 6) is 0. The number of hydrogen-bond donors (Lipinski definition) is 0. The van der Waals surface area contributed by atoms with Crippen LogP contribution in [0.25, 0.3) is 32.3 Å². The van der Waals surface area contributed by atoms with Crippen LogP contribution in [0.1, 0.15) is 5.56 Å². The predicted molar refractivity (Wildman–Crippen MR) is 93.4 cm³/mol. The van der Waals surface area contributed by atoms with E-state index in [9.17, 15) is 13.0 Å². The molecule has 0 aliphatic carbocycles. The van der Waals surface area contributed by atoms with Crippen LogP contribution in [0.5, 0.6) is 0 Å². The SMILES string of the molecule is O=S(=O)([O-])OCc1cc2ccccc2c2ccc3ccccc3c12. The highest BCUT2D eigenvalue weighted by Crippen LogP contribution is 2.34. The molecule has 4 aromatic carbocycles. The molecule has 0 aliphatic rings. The lowest BCUT2D eigenvalue weighted by Crippen LogP contribution is -2.04. The summed E-state index contributed by atoms with van der Waals surface area (Å²) >= 11 is 0. The van der Waals surface area contributed by atoms with E-state index in [1.807, 2.05) is 66.7 Å². The molecule has 0 saturated heterocycles. The Balaban J connectivity index is 2.11. The molecule has 5 heteroatoms. The summed E-state index contributed by atoms with van der Waals surface area (Å²) in [5, 5.41) is 6.02. The first-order valence-electron chi connectivity index (χ1n) is 7.45. The van der Waals surface area contributed by atoms with Crippen LogP contribution in [0.3, 0.4) is 0 Å². The van der Waals surface area contributed by atoms with Crippen LogP contribution >= 0.6 is 0 Å². The molecule has 0 fully saturated rings. The fraction of sp³-hybridized carbons (Fsp3) is 0.0526. The molecule has 0 bridgehead atoms. The van der Waals surface area contributed by atoms with Crippen molar-refractivity contribution in [3.8, 4) is 0 Å². The average molecular weight is 337 g/mol. The van der Waals surface area contributed by atoms with Gasteiger partial charge in [-0.1, -0.05) is 60.7 Å². The first-order valence-corrected chi connectivity index (χ1v) is 8.78. The summed E-state index contributed by atoms with van der Waals surface area (Å²) in [6.07, 6.45) is 0. The van der Waals surface area contributed by atoms with Crippen LogP contribution in [0.4, 0.5) is 0 Å². The smallest absolute Gasteiger partial charge is 0.217 e. The van der Waals surface area contributed by atoms with Crippen molar-refractivity contribution in [1.82, 2.24) is 0 Å². The van der Waals surface area contributed by atoms with Gasteiger partial charge in [0.05, 0.1) is 6.61 Å². The van der Waals surface area contributed by atoms with Crippen molar-refractivity contribution in [1.29, 1.82) is 0 Å². The highest BCUT2D eigenvalue weighted by atomic mass is 32.3. The van der Waals surface area contributed by atoms with Gasteiger partial charge in [0, 0.05) is 0 Å². The van der Waals surface area contributed by atoms with E-state index in [0.29, 0.717) is 5.56 Å². The maximum atomic E-state index is 10.9. The van der Waals surface area contributed by atoms with Gasteiger partial charge in [0.15, 0.2) is 0 Å². The quantitative estimate of drug-likeness (QED) is 0.320. The summed E-state index contributed by atoms with van der Waals surface area (Å²) in [4.78, 5) is 0. The van der Waals surface area contributed by atoms with Crippen LogP contribution < -0.4 is 0 Å². The standard InChI is InChI=1S/C19H14O4S/c20-24(21,22)23-12-15-11-14-6-2-3-7-16(14)18-10-9-13-5-1-4-8-17(13)19(15)18/h1-11H,12H2,(H,20,21,22)/p-1. The van der Waals surface area contributed by atoms with Gasteiger partial charge in [-0.2, -0.15) is 0 Å². The normalized spacial score (nSPS) is 12.2. The Morgan fingerprint density at radius 3 is 2.21 bits per heavy atom. The molecule has 4 aromatic rings. The third kappa shape index (κ3) is 2.63. The second-order valence-corrected chi connectivity index (χ2v) is 6.69. The van der Waals surface area contributed by atoms with E-state index in [4.69, 9.17) is 0 Å². The van der Waals surface area contributed by atoms with Crippen molar-refractivity contribution < 1.29 is 17.2 Å². The van der Waals surface area contributed by atoms with E-state index in [0.717, 1.165) is 32.3 Å². The molecule has 0 aromatic heterocycles. The Kier molecular flexibility index (Phi) is 3.49. The van der Waals surface area contributed by atoms with Crippen LogP contribution in [0.15, 0.2) is 66.7 Å². The molecule has 4 rings (SSSR count). The topological polar surface area (TPSA) is 66.4 Å². The average Bonchev–Trinajstić information content (AvgIpc) is 2.58. The molecule has 0 unspecified atom stereocenters. The fourth-order valence-corrected chi connectivity index (χ4v) is 3.49. The number of hydrogen-bond acceptors (Lipinski definition) is 4. The van der Waals surface area contributed by atoms with E-state index in [1.165, 1.54) is 0 Å². The van der Waals surface area contributed by atoms with Gasteiger partial charge in [-0.05, 0) is 43.9 Å². The summed E-state index contributed by atoms with van der Waals surface area (Å²) in [7, 11) is -4.75. The van der Waals surface area contributed by atoms with Crippen molar-refractivity contribution in [2.45, 2.75) is 6.61 Å². The molecule has 0 N–H and O–H groups in total. The molecule has 120 valence electrons. The minimum atomic E-state index is -4.75. The third-order valence-corrected chi connectivity index (χ3v) is 4.60. The van der Waals surface area contributed by atoms with Gasteiger partial charge in [0.2, 0.25) is 10.4 Å². The Morgan fingerprint density at radius 1 is 0.792 bits per heavy atom. The first kappa shape index (κ1) is 15.1. The Morgan fingerprint density at radius 2 is 1.46 bits per heavy atom. The van der Waals surface area contributed by atoms with Gasteiger partial charge in [0.25, 0.3) is 0 Å². The summed E-state index contributed by atoms with van der Waals surface area (Å²) in [5.41, 5.74) is 0.680. The first-order chi connectivity index (χ1) is 11.5. The third-order valence-electron chi connectivity index (χ3n) is 4.19. The highest BCUT2D eigenvalue weighted by molar-refractivity contribution is 7.80. The van der Waals surface area contributed by atoms with Crippen LogP contribution in [0, 0.1) is 0 Å². The molecular formula is C19H13O4S-. The second-order valence-electron chi connectivity index (χ2n) is 5.64. The van der Waals surface area contributed by atoms with Crippen LogP contribution in [0.2, 0.25) is 0 Å². The minimum Gasteiger partial charge on any atom is -0.726 e. The summed E-state index contributed by atoms with van der Waals surface area (Å²) < 4.78 is 37.2.